The number of hydrogen-bond donors (Lipinski definition) is 1. The summed E-state index contributed by atoms with van der Waals surface area (Å²) in [7, 11) is 0. The molecule has 0 radical (unpaired) electrons. The van der Waals surface area contributed by atoms with Gasteiger partial charge in [0.2, 0.25) is 0 Å². The molecular weight excluding hydrogens is 222 g/mol. The first kappa shape index (κ1) is 12.7. The Bertz CT molecular complexity index is 500. The van der Waals surface area contributed by atoms with Crippen molar-refractivity contribution in [1.29, 1.82) is 0 Å². The summed E-state index contributed by atoms with van der Waals surface area (Å²) in [5.74, 6) is 0. The molecule has 1 N–H and O–H groups in total. The quantitative estimate of drug-likeness (QED) is 0.874. The van der Waals surface area contributed by atoms with Crippen molar-refractivity contribution in [2.75, 3.05) is 11.9 Å². The highest BCUT2D eigenvalue weighted by molar-refractivity contribution is 5.42. The standard InChI is InChI=1S/C15H21N3/c1-4-15-12(2)17-18(13(15)3)11-10-16-14-8-6-5-7-9-14/h5-9,16H,4,10-11H2,1-3H3. The van der Waals surface area contributed by atoms with Gasteiger partial charge in [0, 0.05) is 17.9 Å². The van der Waals surface area contributed by atoms with E-state index in [0.717, 1.165) is 30.9 Å². The molecule has 1 aromatic carbocycles. The lowest BCUT2D eigenvalue weighted by molar-refractivity contribution is 0.614. The van der Waals surface area contributed by atoms with E-state index < -0.39 is 0 Å². The van der Waals surface area contributed by atoms with Gasteiger partial charge in [0.05, 0.1) is 12.2 Å². The van der Waals surface area contributed by atoms with Crippen molar-refractivity contribution in [3.63, 3.8) is 0 Å². The fourth-order valence-electron chi connectivity index (χ4n) is 2.33. The van der Waals surface area contributed by atoms with Gasteiger partial charge in [0.15, 0.2) is 0 Å². The molecule has 0 aliphatic carbocycles. The van der Waals surface area contributed by atoms with Crippen molar-refractivity contribution in [3.05, 3.63) is 47.3 Å². The van der Waals surface area contributed by atoms with Gasteiger partial charge in [-0.1, -0.05) is 25.1 Å². The minimum atomic E-state index is 0.898. The number of aromatic nitrogens is 2. The summed E-state index contributed by atoms with van der Waals surface area (Å²) in [5, 5.41) is 8.00. The Labute approximate surface area is 109 Å². The maximum atomic E-state index is 4.59. The van der Waals surface area contributed by atoms with Gasteiger partial charge in [-0.25, -0.2) is 0 Å². The van der Waals surface area contributed by atoms with Crippen LogP contribution < -0.4 is 5.32 Å². The Morgan fingerprint density at radius 1 is 1.17 bits per heavy atom. The van der Waals surface area contributed by atoms with Crippen LogP contribution in [0.1, 0.15) is 23.9 Å². The second kappa shape index (κ2) is 5.71. The second-order valence-corrected chi connectivity index (χ2v) is 4.52. The van der Waals surface area contributed by atoms with E-state index >= 15 is 0 Å². The molecule has 0 aliphatic rings. The van der Waals surface area contributed by atoms with Crippen LogP contribution in [0.4, 0.5) is 5.69 Å². The fraction of sp³-hybridized carbons (Fsp3) is 0.400. The Morgan fingerprint density at radius 2 is 1.89 bits per heavy atom. The topological polar surface area (TPSA) is 29.9 Å². The number of nitrogens with zero attached hydrogens (tertiary/aromatic N) is 2. The fourth-order valence-corrected chi connectivity index (χ4v) is 2.33. The lowest BCUT2D eigenvalue weighted by atomic mass is 10.1. The summed E-state index contributed by atoms with van der Waals surface area (Å²) in [6.45, 7) is 8.23. The Morgan fingerprint density at radius 3 is 2.50 bits per heavy atom. The van der Waals surface area contributed by atoms with Crippen LogP contribution in [0.3, 0.4) is 0 Å². The Hall–Kier alpha value is -1.77. The third-order valence-corrected chi connectivity index (χ3v) is 3.31. The Balaban J connectivity index is 1.95. The molecule has 0 atom stereocenters. The summed E-state index contributed by atoms with van der Waals surface area (Å²) in [4.78, 5) is 0. The molecular formula is C15H21N3. The van der Waals surface area contributed by atoms with Crippen molar-refractivity contribution in [2.45, 2.75) is 33.7 Å². The highest BCUT2D eigenvalue weighted by atomic mass is 15.3. The average molecular weight is 243 g/mol. The smallest absolute Gasteiger partial charge is 0.0628 e. The highest BCUT2D eigenvalue weighted by Gasteiger charge is 2.08. The molecule has 0 unspecified atom stereocenters. The normalized spacial score (nSPS) is 10.6. The molecule has 0 fully saturated rings. The maximum Gasteiger partial charge on any atom is 0.0628 e. The minimum Gasteiger partial charge on any atom is -0.383 e. The van der Waals surface area contributed by atoms with E-state index in [1.54, 1.807) is 0 Å². The summed E-state index contributed by atoms with van der Waals surface area (Å²) in [5.41, 5.74) is 5.00. The molecule has 3 heteroatoms. The third-order valence-electron chi connectivity index (χ3n) is 3.31. The Kier molecular flexibility index (Phi) is 4.03. The molecule has 96 valence electrons. The van der Waals surface area contributed by atoms with Crippen molar-refractivity contribution in [3.8, 4) is 0 Å². The number of para-hydroxylation sites is 1. The average Bonchev–Trinajstić information content (AvgIpc) is 2.65. The first-order chi connectivity index (χ1) is 8.72. The molecule has 1 aromatic heterocycles. The number of rotatable bonds is 5. The number of nitrogens with one attached hydrogen (secondary N) is 1. The summed E-state index contributed by atoms with van der Waals surface area (Å²) < 4.78 is 2.10. The van der Waals surface area contributed by atoms with Gasteiger partial charge in [-0.05, 0) is 38.0 Å². The van der Waals surface area contributed by atoms with E-state index in [-0.39, 0.29) is 0 Å². The largest absolute Gasteiger partial charge is 0.383 e. The molecule has 1 heterocycles. The van der Waals surface area contributed by atoms with Crippen LogP contribution >= 0.6 is 0 Å². The zero-order chi connectivity index (χ0) is 13.0. The lowest BCUT2D eigenvalue weighted by Crippen LogP contribution is -2.12. The summed E-state index contributed by atoms with van der Waals surface area (Å²) >= 11 is 0. The zero-order valence-corrected chi connectivity index (χ0v) is 11.4. The minimum absolute atomic E-state index is 0.898. The molecule has 0 bridgehead atoms. The van der Waals surface area contributed by atoms with Crippen LogP contribution in [-0.4, -0.2) is 16.3 Å². The van der Waals surface area contributed by atoms with Gasteiger partial charge in [-0.2, -0.15) is 5.10 Å². The van der Waals surface area contributed by atoms with Crippen LogP contribution in [0.2, 0.25) is 0 Å². The van der Waals surface area contributed by atoms with Crippen LogP contribution in [0, 0.1) is 13.8 Å². The van der Waals surface area contributed by atoms with E-state index in [1.807, 2.05) is 18.2 Å². The first-order valence-corrected chi connectivity index (χ1v) is 6.54. The molecule has 18 heavy (non-hydrogen) atoms. The number of anilines is 1. The molecule has 3 nitrogen and oxygen atoms in total. The van der Waals surface area contributed by atoms with Crippen molar-refractivity contribution in [1.82, 2.24) is 9.78 Å². The number of benzene rings is 1. The van der Waals surface area contributed by atoms with E-state index in [9.17, 15) is 0 Å². The predicted molar refractivity (Wildman–Crippen MR) is 76.0 cm³/mol. The van der Waals surface area contributed by atoms with Gasteiger partial charge in [-0.15, -0.1) is 0 Å². The van der Waals surface area contributed by atoms with Gasteiger partial charge in [0.1, 0.15) is 0 Å². The molecule has 0 saturated heterocycles. The van der Waals surface area contributed by atoms with Crippen molar-refractivity contribution in [2.24, 2.45) is 0 Å². The van der Waals surface area contributed by atoms with E-state index in [0.29, 0.717) is 0 Å². The monoisotopic (exact) mass is 243 g/mol. The van der Waals surface area contributed by atoms with Crippen LogP contribution in [-0.2, 0) is 13.0 Å². The second-order valence-electron chi connectivity index (χ2n) is 4.52. The summed E-state index contributed by atoms with van der Waals surface area (Å²) in [6, 6.07) is 10.3. The van der Waals surface area contributed by atoms with E-state index in [1.165, 1.54) is 11.3 Å². The van der Waals surface area contributed by atoms with E-state index in [4.69, 9.17) is 0 Å². The van der Waals surface area contributed by atoms with Crippen LogP contribution in [0.25, 0.3) is 0 Å². The lowest BCUT2D eigenvalue weighted by Gasteiger charge is -2.08. The van der Waals surface area contributed by atoms with Gasteiger partial charge in [0.25, 0.3) is 0 Å². The highest BCUT2D eigenvalue weighted by Crippen LogP contribution is 2.13. The van der Waals surface area contributed by atoms with Crippen molar-refractivity contribution >= 4 is 5.69 Å². The maximum absolute atomic E-state index is 4.59. The molecule has 0 saturated carbocycles. The van der Waals surface area contributed by atoms with E-state index in [2.05, 4.69) is 48.0 Å². The van der Waals surface area contributed by atoms with Crippen molar-refractivity contribution < 1.29 is 0 Å². The summed E-state index contributed by atoms with van der Waals surface area (Å²) in [6.07, 6.45) is 1.06. The van der Waals surface area contributed by atoms with Gasteiger partial charge in [-0.3, -0.25) is 4.68 Å². The SMILES string of the molecule is CCc1c(C)nn(CCNc2ccccc2)c1C. The first-order valence-electron chi connectivity index (χ1n) is 6.54. The van der Waals surface area contributed by atoms with Gasteiger partial charge >= 0.3 is 0 Å². The number of aryl methyl sites for hydroxylation is 1. The molecule has 0 aliphatic heterocycles. The third kappa shape index (κ3) is 2.73. The van der Waals surface area contributed by atoms with Crippen LogP contribution in [0.5, 0.6) is 0 Å². The predicted octanol–water partition coefficient (Wildman–Crippen LogP) is 3.17. The molecule has 0 spiro atoms. The zero-order valence-electron chi connectivity index (χ0n) is 11.4. The molecule has 0 amide bonds. The number of hydrogen-bond acceptors (Lipinski definition) is 2. The molecule has 2 rings (SSSR count). The van der Waals surface area contributed by atoms with Crippen LogP contribution in [0.15, 0.2) is 30.3 Å². The molecule has 2 aromatic rings. The van der Waals surface area contributed by atoms with Gasteiger partial charge < -0.3 is 5.32 Å².